The summed E-state index contributed by atoms with van der Waals surface area (Å²) < 4.78 is 8.11. The van der Waals surface area contributed by atoms with Gasteiger partial charge < -0.3 is 10.1 Å². The number of benzene rings is 4. The molecule has 0 radical (unpaired) electrons. The van der Waals surface area contributed by atoms with Crippen LogP contribution in [0.25, 0.3) is 27.4 Å². The van der Waals surface area contributed by atoms with Crippen molar-refractivity contribution in [1.29, 1.82) is 0 Å². The maximum absolute atomic E-state index is 13.5. The van der Waals surface area contributed by atoms with Crippen molar-refractivity contribution >= 4 is 52.6 Å². The molecule has 0 saturated carbocycles. The van der Waals surface area contributed by atoms with Gasteiger partial charge in [0.15, 0.2) is 0 Å². The first-order valence-electron chi connectivity index (χ1n) is 15.8. The van der Waals surface area contributed by atoms with Crippen LogP contribution in [0.1, 0.15) is 22.5 Å². The number of aryl methyl sites for hydroxylation is 2. The molecule has 0 bridgehead atoms. The molecule has 10 nitrogen and oxygen atoms in total. The van der Waals surface area contributed by atoms with Crippen LogP contribution in [0, 0.1) is 13.8 Å². The van der Waals surface area contributed by atoms with Crippen LogP contribution >= 0.6 is 0 Å². The number of nitrogens with one attached hydrogen (secondary N) is 3. The maximum Gasteiger partial charge on any atom is 0.324 e. The van der Waals surface area contributed by atoms with Crippen molar-refractivity contribution in [3.8, 4) is 17.3 Å². The standard InChI is InChI=1S/C37H36N8O2Si/c1-23-10-12-27(13-11-23)45-33(21-35(44-45)48(3,4)5)42-37(46)40-30-14-15-31(29-9-7-6-8-28(29)30)47-34-16-17-38-32(41-34)20-25-18-24(2)36-26(19-25)22-39-43-36/h6-19,21-22H,20H2,1-5H3,(H,39,43)(H2,40,42,46). The van der Waals surface area contributed by atoms with Crippen LogP contribution in [-0.2, 0) is 6.42 Å². The molecule has 0 unspecified atom stereocenters. The summed E-state index contributed by atoms with van der Waals surface area (Å²) in [5, 5.41) is 21.9. The molecule has 4 aromatic carbocycles. The number of carbonyl (C=O) groups excluding carboxylic acids is 1. The zero-order valence-electron chi connectivity index (χ0n) is 27.5. The van der Waals surface area contributed by atoms with E-state index in [2.05, 4.69) is 64.5 Å². The summed E-state index contributed by atoms with van der Waals surface area (Å²) in [5.74, 6) is 2.31. The lowest BCUT2D eigenvalue weighted by Gasteiger charge is -2.14. The number of H-pyrrole nitrogens is 1. The Bertz CT molecular complexity index is 2290. The Morgan fingerprint density at radius 2 is 1.71 bits per heavy atom. The molecular formula is C37H36N8O2Si. The molecule has 0 saturated heterocycles. The number of hydrogen-bond acceptors (Lipinski definition) is 6. The molecule has 0 aliphatic heterocycles. The number of aromatic nitrogens is 6. The summed E-state index contributed by atoms with van der Waals surface area (Å²) in [6.45, 7) is 10.8. The van der Waals surface area contributed by atoms with Gasteiger partial charge in [0, 0.05) is 40.2 Å². The normalized spacial score (nSPS) is 11.6. The van der Waals surface area contributed by atoms with E-state index in [0.717, 1.165) is 49.4 Å². The number of ether oxygens (including phenoxy) is 1. The van der Waals surface area contributed by atoms with Gasteiger partial charge in [-0.05, 0) is 61.4 Å². The van der Waals surface area contributed by atoms with Crippen molar-refractivity contribution in [3.63, 3.8) is 0 Å². The van der Waals surface area contributed by atoms with Gasteiger partial charge in [-0.3, -0.25) is 10.4 Å². The van der Waals surface area contributed by atoms with Crippen LogP contribution < -0.4 is 20.7 Å². The van der Waals surface area contributed by atoms with Gasteiger partial charge in [0.2, 0.25) is 5.88 Å². The molecule has 3 aromatic heterocycles. The summed E-state index contributed by atoms with van der Waals surface area (Å²) in [5.41, 5.74) is 5.93. The first-order valence-corrected chi connectivity index (χ1v) is 19.3. The summed E-state index contributed by atoms with van der Waals surface area (Å²) in [7, 11) is -1.75. The topological polar surface area (TPSA) is 123 Å². The van der Waals surface area contributed by atoms with E-state index in [1.54, 1.807) is 16.9 Å². The number of nitrogens with zero attached hydrogens (tertiary/aromatic N) is 5. The summed E-state index contributed by atoms with van der Waals surface area (Å²) >= 11 is 0. The lowest BCUT2D eigenvalue weighted by Crippen LogP contribution is -2.39. The molecule has 2 amide bonds. The van der Waals surface area contributed by atoms with Crippen LogP contribution in [0.4, 0.5) is 16.3 Å². The molecule has 0 aliphatic carbocycles. The van der Waals surface area contributed by atoms with Crippen molar-refractivity contribution in [2.75, 3.05) is 10.6 Å². The zero-order chi connectivity index (χ0) is 33.4. The fraction of sp³-hybridized carbons (Fsp3) is 0.162. The highest BCUT2D eigenvalue weighted by Crippen LogP contribution is 2.34. The molecule has 7 aromatic rings. The largest absolute Gasteiger partial charge is 0.438 e. The number of anilines is 2. The van der Waals surface area contributed by atoms with E-state index in [0.29, 0.717) is 35.4 Å². The minimum atomic E-state index is -1.75. The summed E-state index contributed by atoms with van der Waals surface area (Å²) in [4.78, 5) is 22.6. The molecule has 11 heteroatoms. The first-order chi connectivity index (χ1) is 23.1. The first kappa shape index (κ1) is 30.8. The minimum Gasteiger partial charge on any atom is -0.438 e. The Labute approximate surface area is 279 Å². The number of urea groups is 1. The second kappa shape index (κ2) is 12.4. The number of carbonyl (C=O) groups is 1. The van der Waals surface area contributed by atoms with Gasteiger partial charge in [0.05, 0.1) is 23.1 Å². The van der Waals surface area contributed by atoms with Gasteiger partial charge in [-0.15, -0.1) is 0 Å². The van der Waals surface area contributed by atoms with Crippen LogP contribution in [0.5, 0.6) is 11.6 Å². The molecule has 0 atom stereocenters. The fourth-order valence-electron chi connectivity index (χ4n) is 5.69. The second-order valence-electron chi connectivity index (χ2n) is 13.0. The lowest BCUT2D eigenvalue weighted by molar-refractivity contribution is 0.262. The zero-order valence-corrected chi connectivity index (χ0v) is 28.5. The van der Waals surface area contributed by atoms with E-state index in [-0.39, 0.29) is 6.03 Å². The minimum absolute atomic E-state index is 0.367. The van der Waals surface area contributed by atoms with Crippen molar-refractivity contribution in [3.05, 3.63) is 120 Å². The van der Waals surface area contributed by atoms with Gasteiger partial charge in [-0.25, -0.2) is 14.5 Å². The molecule has 0 fully saturated rings. The van der Waals surface area contributed by atoms with Crippen molar-refractivity contribution in [2.24, 2.45) is 0 Å². The number of aromatic amines is 1. The van der Waals surface area contributed by atoms with Crippen LogP contribution in [0.3, 0.4) is 0 Å². The van der Waals surface area contributed by atoms with Gasteiger partial charge in [0.1, 0.15) is 25.5 Å². The number of amides is 2. The Hall–Kier alpha value is -5.81. The van der Waals surface area contributed by atoms with Crippen molar-refractivity contribution in [1.82, 2.24) is 29.9 Å². The third kappa shape index (κ3) is 6.40. The third-order valence-corrected chi connectivity index (χ3v) is 9.97. The highest BCUT2D eigenvalue weighted by atomic mass is 28.3. The molecule has 240 valence electrons. The monoisotopic (exact) mass is 652 g/mol. The van der Waals surface area contributed by atoms with Crippen molar-refractivity contribution in [2.45, 2.75) is 39.9 Å². The maximum atomic E-state index is 13.5. The highest BCUT2D eigenvalue weighted by Gasteiger charge is 2.24. The number of hydrogen-bond donors (Lipinski definition) is 3. The molecule has 0 aliphatic rings. The summed E-state index contributed by atoms with van der Waals surface area (Å²) in [6.07, 6.45) is 4.09. The molecule has 0 spiro atoms. The Balaban J connectivity index is 1.11. The SMILES string of the molecule is Cc1ccc(-n2nc([Si](C)(C)C)cc2NC(=O)Nc2ccc(Oc3ccnc(Cc4cc(C)c5[nH]ncc5c4)n3)c3ccccc23)cc1. The van der Waals surface area contributed by atoms with Crippen molar-refractivity contribution < 1.29 is 9.53 Å². The van der Waals surface area contributed by atoms with Gasteiger partial charge in [0.25, 0.3) is 0 Å². The number of fused-ring (bicyclic) bond motifs is 2. The Morgan fingerprint density at radius 3 is 2.50 bits per heavy atom. The van der Waals surface area contributed by atoms with E-state index < -0.39 is 8.07 Å². The average Bonchev–Trinajstić information content (AvgIpc) is 3.71. The fourth-order valence-corrected chi connectivity index (χ4v) is 6.66. The van der Waals surface area contributed by atoms with Gasteiger partial charge in [-0.2, -0.15) is 15.2 Å². The van der Waals surface area contributed by atoms with E-state index in [1.165, 1.54) is 0 Å². The van der Waals surface area contributed by atoms with E-state index >= 15 is 0 Å². The van der Waals surface area contributed by atoms with E-state index in [4.69, 9.17) is 14.8 Å². The van der Waals surface area contributed by atoms with Gasteiger partial charge >= 0.3 is 6.03 Å². The third-order valence-electron chi connectivity index (χ3n) is 8.19. The van der Waals surface area contributed by atoms with Crippen LogP contribution in [0.2, 0.25) is 19.6 Å². The molecule has 7 rings (SSSR count). The molecule has 3 N–H and O–H groups in total. The average molecular weight is 653 g/mol. The smallest absolute Gasteiger partial charge is 0.324 e. The predicted molar refractivity (Wildman–Crippen MR) is 194 cm³/mol. The second-order valence-corrected chi connectivity index (χ2v) is 18.0. The molecule has 3 heterocycles. The quantitative estimate of drug-likeness (QED) is 0.144. The lowest BCUT2D eigenvalue weighted by atomic mass is 10.1. The van der Waals surface area contributed by atoms with E-state index in [9.17, 15) is 4.79 Å². The molecular weight excluding hydrogens is 617 g/mol. The molecule has 48 heavy (non-hydrogen) atoms. The van der Waals surface area contributed by atoms with Crippen LogP contribution in [-0.4, -0.2) is 44.1 Å². The van der Waals surface area contributed by atoms with E-state index in [1.807, 2.05) is 79.9 Å². The number of rotatable bonds is 8. The summed E-state index contributed by atoms with van der Waals surface area (Å²) in [6, 6.07) is 27.1. The Kier molecular flexibility index (Phi) is 7.97. The van der Waals surface area contributed by atoms with Crippen LogP contribution in [0.15, 0.2) is 97.3 Å². The predicted octanol–water partition coefficient (Wildman–Crippen LogP) is 7.88. The highest BCUT2D eigenvalue weighted by molar-refractivity contribution is 6.88. The Morgan fingerprint density at radius 1 is 0.917 bits per heavy atom. The van der Waals surface area contributed by atoms with Gasteiger partial charge in [-0.1, -0.05) is 67.7 Å².